The zero-order chi connectivity index (χ0) is 51.1. The van der Waals surface area contributed by atoms with Crippen LogP contribution in [0.15, 0.2) is 77.9 Å². The Morgan fingerprint density at radius 2 is 1.65 bits per heavy atom. The number of hydrogen-bond donors (Lipinski definition) is 5. The third-order valence-electron chi connectivity index (χ3n) is 11.6. The molecule has 378 valence electrons. The van der Waals surface area contributed by atoms with E-state index in [2.05, 4.69) is 36.0 Å². The largest absolute Gasteiger partial charge is 0.454 e. The Bertz CT molecular complexity index is 3250. The second-order valence-corrected chi connectivity index (χ2v) is 18.5. The van der Waals surface area contributed by atoms with Gasteiger partial charge in [0.2, 0.25) is 27.7 Å². The van der Waals surface area contributed by atoms with Crippen LogP contribution < -0.4 is 31.0 Å². The van der Waals surface area contributed by atoms with E-state index in [0.29, 0.717) is 40.7 Å². The molecule has 0 spiro atoms. The fraction of sp³-hybridized carbons (Fsp3) is 0.319. The number of rotatable bonds is 22. The van der Waals surface area contributed by atoms with E-state index in [1.807, 2.05) is 0 Å². The van der Waals surface area contributed by atoms with Crippen LogP contribution in [-0.4, -0.2) is 119 Å². The quantitative estimate of drug-likeness (QED) is 0.0482. The molecule has 5 heterocycles. The molecule has 3 aromatic heterocycles. The number of piperidine rings is 1. The molecule has 8 rings (SSSR count). The summed E-state index contributed by atoms with van der Waals surface area (Å²) in [5.74, 6) is -4.58. The molecule has 22 nitrogen and oxygen atoms in total. The molecular weight excluding hydrogens is 967 g/mol. The van der Waals surface area contributed by atoms with Crippen LogP contribution in [-0.2, 0) is 65.3 Å². The molecule has 0 radical (unpaired) electrons. The Kier molecular flexibility index (Phi) is 15.5. The van der Waals surface area contributed by atoms with Gasteiger partial charge in [-0.15, -0.1) is 5.10 Å². The van der Waals surface area contributed by atoms with Crippen LogP contribution in [0.3, 0.4) is 0 Å². The minimum atomic E-state index is -3.73. The number of aromatic nitrogens is 5. The highest BCUT2D eigenvalue weighted by Gasteiger charge is 2.40. The topological polar surface area (TPSA) is 276 Å². The monoisotopic (exact) mass is 1010 g/mol. The predicted octanol–water partition coefficient (Wildman–Crippen LogP) is 3.34. The number of carbonyl (C=O) groups is 5. The van der Waals surface area contributed by atoms with Crippen LogP contribution in [0.25, 0.3) is 22.0 Å². The number of ether oxygens (including phenoxy) is 4. The van der Waals surface area contributed by atoms with Crippen LogP contribution in [0.5, 0.6) is 11.5 Å². The van der Waals surface area contributed by atoms with Gasteiger partial charge in [0.05, 0.1) is 58.1 Å². The lowest BCUT2D eigenvalue weighted by molar-refractivity contribution is -0.137. The number of imide groups is 1. The number of nitrogens with one attached hydrogen (secondary N) is 5. The summed E-state index contributed by atoms with van der Waals surface area (Å²) in [7, 11) is -2.25. The minimum absolute atomic E-state index is 0.0119. The van der Waals surface area contributed by atoms with Crippen molar-refractivity contribution < 1.29 is 60.1 Å². The Morgan fingerprint density at radius 1 is 0.889 bits per heavy atom. The standard InChI is InChI=1S/C47H48F2N10O12S/c1-3-72(66,67)55-28-8-11-39(71-40-10-7-27(48)19-35(40)49)31(20-28)33-24-57(2)47(65)43-32(33)21-37(52-43)44(62)50-22-29-23-58(56-54-29)13-14-68-15-16-69-17-18-70-26-42(61)51-36-6-4-5-30-34(36)25-59(46(30)64)38-9-12-41(60)53-45(38)63/h4-8,10-11,19-21,23-24,38,52,55H,3,9,12-18,22,25-26H2,1-2H3,(H,50,62)(H,51,61)(H,53,60,63). The lowest BCUT2D eigenvalue weighted by Gasteiger charge is -2.29. The number of aromatic amines is 1. The van der Waals surface area contributed by atoms with Crippen LogP contribution in [0.2, 0.25) is 0 Å². The van der Waals surface area contributed by atoms with E-state index in [4.69, 9.17) is 18.9 Å². The summed E-state index contributed by atoms with van der Waals surface area (Å²) >= 11 is 0. The van der Waals surface area contributed by atoms with Crippen molar-refractivity contribution in [2.45, 2.75) is 45.4 Å². The van der Waals surface area contributed by atoms with Gasteiger partial charge in [0.25, 0.3) is 17.4 Å². The molecule has 0 bridgehead atoms. The van der Waals surface area contributed by atoms with E-state index in [1.165, 1.54) is 58.6 Å². The van der Waals surface area contributed by atoms with Gasteiger partial charge in [-0.3, -0.25) is 38.8 Å². The minimum Gasteiger partial charge on any atom is -0.454 e. The number of sulfonamides is 1. The SMILES string of the molecule is CCS(=O)(=O)Nc1ccc(Oc2ccc(F)cc2F)c(-c2cn(C)c(=O)c3[nH]c(C(=O)NCc4cn(CCOCCOCCOCC(=O)Nc5cccc6c5CN(C5CCC(=O)NC5=O)C6=O)nn4)cc23)c1. The van der Waals surface area contributed by atoms with Crippen molar-refractivity contribution in [3.8, 4) is 22.6 Å². The first-order valence-corrected chi connectivity index (χ1v) is 24.2. The number of pyridine rings is 1. The predicted molar refractivity (Wildman–Crippen MR) is 253 cm³/mol. The molecule has 0 saturated carbocycles. The molecule has 5 N–H and O–H groups in total. The molecule has 2 aliphatic heterocycles. The van der Waals surface area contributed by atoms with E-state index in [1.54, 1.807) is 24.4 Å². The van der Waals surface area contributed by atoms with Crippen molar-refractivity contribution in [3.05, 3.63) is 118 Å². The summed E-state index contributed by atoms with van der Waals surface area (Å²) in [6.07, 6.45) is 3.45. The first kappa shape index (κ1) is 50.5. The molecule has 1 atom stereocenters. The van der Waals surface area contributed by atoms with Gasteiger partial charge in [0.15, 0.2) is 11.6 Å². The number of halogens is 2. The highest BCUT2D eigenvalue weighted by molar-refractivity contribution is 7.92. The van der Waals surface area contributed by atoms with Gasteiger partial charge in [-0.05, 0) is 61.9 Å². The van der Waals surface area contributed by atoms with E-state index in [0.717, 1.165) is 12.1 Å². The number of H-pyrrole nitrogens is 1. The van der Waals surface area contributed by atoms with E-state index in [9.17, 15) is 46.0 Å². The molecule has 2 aliphatic rings. The zero-order valence-corrected chi connectivity index (χ0v) is 39.6. The lowest BCUT2D eigenvalue weighted by Crippen LogP contribution is -2.52. The fourth-order valence-corrected chi connectivity index (χ4v) is 8.57. The second-order valence-electron chi connectivity index (χ2n) is 16.5. The van der Waals surface area contributed by atoms with Gasteiger partial charge in [0.1, 0.15) is 41.1 Å². The molecule has 72 heavy (non-hydrogen) atoms. The van der Waals surface area contributed by atoms with Gasteiger partial charge in [0, 0.05) is 71.3 Å². The van der Waals surface area contributed by atoms with Crippen LogP contribution in [0.1, 0.15) is 51.9 Å². The summed E-state index contributed by atoms with van der Waals surface area (Å²) in [4.78, 5) is 80.8. The molecule has 1 saturated heterocycles. The highest BCUT2D eigenvalue weighted by Crippen LogP contribution is 2.40. The van der Waals surface area contributed by atoms with Crippen LogP contribution in [0.4, 0.5) is 20.2 Å². The summed E-state index contributed by atoms with van der Waals surface area (Å²) in [6, 6.07) is 12.6. The van der Waals surface area contributed by atoms with Crippen molar-refractivity contribution in [3.63, 3.8) is 0 Å². The van der Waals surface area contributed by atoms with E-state index >= 15 is 0 Å². The van der Waals surface area contributed by atoms with Crippen molar-refractivity contribution in [2.75, 3.05) is 55.4 Å². The lowest BCUT2D eigenvalue weighted by atomic mass is 10.0. The van der Waals surface area contributed by atoms with Gasteiger partial charge in [-0.1, -0.05) is 11.3 Å². The maximum atomic E-state index is 14.7. The Morgan fingerprint density at radius 3 is 2.42 bits per heavy atom. The number of carbonyl (C=O) groups excluding carboxylic acids is 5. The maximum Gasteiger partial charge on any atom is 0.274 e. The molecule has 25 heteroatoms. The molecule has 1 unspecified atom stereocenters. The summed E-state index contributed by atoms with van der Waals surface area (Å²) in [5.41, 5.74) is 2.06. The summed E-state index contributed by atoms with van der Waals surface area (Å²) in [6.45, 7) is 2.70. The molecular formula is C47H48F2N10O12S. The van der Waals surface area contributed by atoms with Crippen LogP contribution >= 0.6 is 0 Å². The number of nitrogens with zero attached hydrogens (tertiary/aromatic N) is 5. The number of fused-ring (bicyclic) bond motifs is 2. The third-order valence-corrected chi connectivity index (χ3v) is 12.9. The smallest absolute Gasteiger partial charge is 0.274 e. The Balaban J connectivity index is 0.774. The first-order chi connectivity index (χ1) is 34.6. The van der Waals surface area contributed by atoms with Gasteiger partial charge in [-0.25, -0.2) is 21.9 Å². The maximum absolute atomic E-state index is 14.7. The first-order valence-electron chi connectivity index (χ1n) is 22.5. The number of benzene rings is 3. The molecule has 1 fully saturated rings. The van der Waals surface area contributed by atoms with Crippen molar-refractivity contribution in [1.29, 1.82) is 0 Å². The Hall–Kier alpha value is -7.87. The van der Waals surface area contributed by atoms with E-state index in [-0.39, 0.29) is 122 Å². The molecule has 6 aromatic rings. The number of amides is 5. The molecule has 0 aliphatic carbocycles. The average Bonchev–Trinajstić information content (AvgIpc) is 4.09. The number of anilines is 2. The van der Waals surface area contributed by atoms with Gasteiger partial charge < -0.3 is 44.0 Å². The number of aryl methyl sites for hydroxylation is 1. The average molecular weight is 1020 g/mol. The van der Waals surface area contributed by atoms with Crippen LogP contribution in [0, 0.1) is 11.6 Å². The zero-order valence-electron chi connectivity index (χ0n) is 38.8. The van der Waals surface area contributed by atoms with Crippen molar-refractivity contribution in [2.24, 2.45) is 7.05 Å². The summed E-state index contributed by atoms with van der Waals surface area (Å²) in [5, 5.41) is 16.2. The van der Waals surface area contributed by atoms with E-state index < -0.39 is 51.0 Å². The molecule has 5 amide bonds. The fourth-order valence-electron chi connectivity index (χ4n) is 7.94. The van der Waals surface area contributed by atoms with Gasteiger partial charge >= 0.3 is 0 Å². The normalized spacial score (nSPS) is 14.6. The van der Waals surface area contributed by atoms with Crippen molar-refractivity contribution >= 4 is 61.8 Å². The summed E-state index contributed by atoms with van der Waals surface area (Å²) < 4.78 is 81.1. The highest BCUT2D eigenvalue weighted by atomic mass is 32.2. The number of hydrogen-bond acceptors (Lipinski definition) is 14. The van der Waals surface area contributed by atoms with Crippen molar-refractivity contribution in [1.82, 2.24) is 40.1 Å². The van der Waals surface area contributed by atoms with Gasteiger partial charge in [-0.2, -0.15) is 0 Å². The molecule has 3 aromatic carbocycles. The third kappa shape index (κ3) is 11.8. The second kappa shape index (κ2) is 22.0. The Labute approximate surface area is 409 Å².